The van der Waals surface area contributed by atoms with Gasteiger partial charge in [0.25, 0.3) is 0 Å². The van der Waals surface area contributed by atoms with Crippen LogP contribution in [-0.4, -0.2) is 9.55 Å². The van der Waals surface area contributed by atoms with Gasteiger partial charge in [-0.15, -0.1) is 0 Å². The highest BCUT2D eigenvalue weighted by molar-refractivity contribution is 5.83. The van der Waals surface area contributed by atoms with Gasteiger partial charge in [-0.25, -0.2) is 4.98 Å². The van der Waals surface area contributed by atoms with Crippen molar-refractivity contribution in [1.29, 1.82) is 0 Å². The molecule has 0 aliphatic rings. The van der Waals surface area contributed by atoms with E-state index in [1.165, 1.54) is 5.56 Å². The third kappa shape index (κ3) is 2.58. The molecule has 4 heteroatoms. The molecule has 0 fully saturated rings. The number of nitrogens with two attached hydrogens (primary N) is 2. The third-order valence-electron chi connectivity index (χ3n) is 4.12. The maximum absolute atomic E-state index is 5.93. The van der Waals surface area contributed by atoms with Gasteiger partial charge in [0, 0.05) is 23.5 Å². The Morgan fingerprint density at radius 1 is 0.792 bits per heavy atom. The molecule has 0 radical (unpaired) electrons. The van der Waals surface area contributed by atoms with Gasteiger partial charge in [-0.1, -0.05) is 30.3 Å². The highest BCUT2D eigenvalue weighted by Crippen LogP contribution is 2.27. The molecule has 0 saturated heterocycles. The Balaban J connectivity index is 1.91. The molecule has 0 atom stereocenters. The lowest BCUT2D eigenvalue weighted by atomic mass is 10.2. The number of anilines is 2. The fourth-order valence-electron chi connectivity index (χ4n) is 2.93. The van der Waals surface area contributed by atoms with Crippen LogP contribution in [0.3, 0.4) is 0 Å². The molecule has 0 unspecified atom stereocenters. The molecule has 0 saturated carbocycles. The van der Waals surface area contributed by atoms with Crippen molar-refractivity contribution >= 4 is 22.4 Å². The first-order valence-electron chi connectivity index (χ1n) is 7.86. The lowest BCUT2D eigenvalue weighted by molar-refractivity contribution is 0.834. The van der Waals surface area contributed by atoms with Crippen LogP contribution in [0, 0.1) is 0 Å². The minimum atomic E-state index is 0.718. The monoisotopic (exact) mass is 314 g/mol. The molecular weight excluding hydrogens is 296 g/mol. The third-order valence-corrected chi connectivity index (χ3v) is 4.12. The zero-order valence-electron chi connectivity index (χ0n) is 13.2. The zero-order valence-corrected chi connectivity index (χ0v) is 13.2. The van der Waals surface area contributed by atoms with Crippen LogP contribution < -0.4 is 11.5 Å². The molecule has 118 valence electrons. The van der Waals surface area contributed by atoms with Crippen LogP contribution in [0.15, 0.2) is 72.8 Å². The number of hydrogen-bond donors (Lipinski definition) is 2. The Hall–Kier alpha value is -3.27. The van der Waals surface area contributed by atoms with Crippen LogP contribution in [0.1, 0.15) is 5.56 Å². The molecule has 0 amide bonds. The summed E-state index contributed by atoms with van der Waals surface area (Å²) >= 11 is 0. The van der Waals surface area contributed by atoms with E-state index in [-0.39, 0.29) is 0 Å². The average molecular weight is 314 g/mol. The van der Waals surface area contributed by atoms with E-state index in [0.29, 0.717) is 0 Å². The fraction of sp³-hybridized carbons (Fsp3) is 0.0500. The highest BCUT2D eigenvalue weighted by Gasteiger charge is 2.13. The van der Waals surface area contributed by atoms with Gasteiger partial charge in [-0.2, -0.15) is 0 Å². The summed E-state index contributed by atoms with van der Waals surface area (Å²) in [5.41, 5.74) is 17.4. The lowest BCUT2D eigenvalue weighted by Gasteiger charge is -2.10. The molecule has 4 rings (SSSR count). The number of hydrogen-bond acceptors (Lipinski definition) is 3. The van der Waals surface area contributed by atoms with Gasteiger partial charge in [0.05, 0.1) is 11.0 Å². The van der Waals surface area contributed by atoms with Crippen molar-refractivity contribution in [2.45, 2.75) is 6.54 Å². The Labute approximate surface area is 140 Å². The van der Waals surface area contributed by atoms with Crippen molar-refractivity contribution in [3.05, 3.63) is 78.4 Å². The average Bonchev–Trinajstić information content (AvgIpc) is 2.94. The molecule has 0 aliphatic carbocycles. The number of aromatic nitrogens is 2. The van der Waals surface area contributed by atoms with E-state index in [1.54, 1.807) is 0 Å². The second kappa shape index (κ2) is 5.74. The molecule has 0 aliphatic heterocycles. The van der Waals surface area contributed by atoms with Gasteiger partial charge in [0.15, 0.2) is 0 Å². The molecule has 24 heavy (non-hydrogen) atoms. The summed E-state index contributed by atoms with van der Waals surface area (Å²) in [5.74, 6) is 0.916. The van der Waals surface area contributed by atoms with Gasteiger partial charge in [0.2, 0.25) is 0 Å². The van der Waals surface area contributed by atoms with E-state index >= 15 is 0 Å². The van der Waals surface area contributed by atoms with Crippen molar-refractivity contribution < 1.29 is 0 Å². The van der Waals surface area contributed by atoms with Crippen molar-refractivity contribution in [2.75, 3.05) is 11.5 Å². The van der Waals surface area contributed by atoms with Crippen LogP contribution in [-0.2, 0) is 6.54 Å². The van der Waals surface area contributed by atoms with E-state index < -0.39 is 0 Å². The molecule has 0 bridgehead atoms. The number of benzene rings is 3. The molecule has 4 aromatic rings. The Bertz CT molecular complexity index is 986. The summed E-state index contributed by atoms with van der Waals surface area (Å²) in [5, 5.41) is 0. The molecular formula is C20H18N4. The van der Waals surface area contributed by atoms with E-state index in [2.05, 4.69) is 28.8 Å². The number of imidazole rings is 1. The Kier molecular flexibility index (Phi) is 3.43. The maximum Gasteiger partial charge on any atom is 0.141 e. The summed E-state index contributed by atoms with van der Waals surface area (Å²) in [6.07, 6.45) is 0. The summed E-state index contributed by atoms with van der Waals surface area (Å²) < 4.78 is 2.22. The van der Waals surface area contributed by atoms with Crippen LogP contribution in [0.25, 0.3) is 22.4 Å². The predicted octanol–water partition coefficient (Wildman–Crippen LogP) is 3.92. The Morgan fingerprint density at radius 2 is 1.50 bits per heavy atom. The predicted molar refractivity (Wildman–Crippen MR) is 99.5 cm³/mol. The van der Waals surface area contributed by atoms with Gasteiger partial charge in [-0.05, 0) is 48.0 Å². The van der Waals surface area contributed by atoms with Gasteiger partial charge >= 0.3 is 0 Å². The summed E-state index contributed by atoms with van der Waals surface area (Å²) in [4.78, 5) is 4.81. The van der Waals surface area contributed by atoms with Crippen molar-refractivity contribution in [3.8, 4) is 11.4 Å². The second-order valence-electron chi connectivity index (χ2n) is 5.88. The minimum Gasteiger partial charge on any atom is -0.399 e. The van der Waals surface area contributed by atoms with Crippen molar-refractivity contribution in [2.24, 2.45) is 0 Å². The van der Waals surface area contributed by atoms with Crippen LogP contribution in [0.2, 0.25) is 0 Å². The van der Waals surface area contributed by atoms with Gasteiger partial charge in [-0.3, -0.25) is 0 Å². The largest absolute Gasteiger partial charge is 0.399 e. The minimum absolute atomic E-state index is 0.718. The SMILES string of the molecule is Nc1ccc(-c2nc3cc(N)ccc3n2Cc2ccccc2)cc1. The van der Waals surface area contributed by atoms with E-state index in [4.69, 9.17) is 16.5 Å². The molecule has 4 N–H and O–H groups in total. The standard InChI is InChI=1S/C20H18N4/c21-16-8-6-15(7-9-16)20-23-18-12-17(22)10-11-19(18)24(20)13-14-4-2-1-3-5-14/h1-12H,13,21-22H2. The fourth-order valence-corrected chi connectivity index (χ4v) is 2.93. The first kappa shape index (κ1) is 14.3. The highest BCUT2D eigenvalue weighted by atomic mass is 15.1. The van der Waals surface area contributed by atoms with Crippen molar-refractivity contribution in [1.82, 2.24) is 9.55 Å². The second-order valence-corrected chi connectivity index (χ2v) is 5.88. The van der Waals surface area contributed by atoms with Gasteiger partial charge in [0.1, 0.15) is 5.82 Å². The Morgan fingerprint density at radius 3 is 2.25 bits per heavy atom. The normalized spacial score (nSPS) is 11.0. The molecule has 0 spiro atoms. The van der Waals surface area contributed by atoms with Gasteiger partial charge < -0.3 is 16.0 Å². The summed E-state index contributed by atoms with van der Waals surface area (Å²) in [6.45, 7) is 0.751. The number of fused-ring (bicyclic) bond motifs is 1. The summed E-state index contributed by atoms with van der Waals surface area (Å²) in [6, 6.07) is 24.0. The molecule has 1 heterocycles. The van der Waals surface area contributed by atoms with Crippen LogP contribution >= 0.6 is 0 Å². The lowest BCUT2D eigenvalue weighted by Crippen LogP contribution is -2.02. The molecule has 4 nitrogen and oxygen atoms in total. The molecule has 3 aromatic carbocycles. The quantitative estimate of drug-likeness (QED) is 0.563. The first-order valence-corrected chi connectivity index (χ1v) is 7.86. The topological polar surface area (TPSA) is 69.9 Å². The van der Waals surface area contributed by atoms with Crippen LogP contribution in [0.4, 0.5) is 11.4 Å². The van der Waals surface area contributed by atoms with E-state index in [9.17, 15) is 0 Å². The number of nitrogens with zero attached hydrogens (tertiary/aromatic N) is 2. The maximum atomic E-state index is 5.93. The first-order chi connectivity index (χ1) is 11.7. The smallest absolute Gasteiger partial charge is 0.141 e. The summed E-state index contributed by atoms with van der Waals surface area (Å²) in [7, 11) is 0. The van der Waals surface area contributed by atoms with Crippen molar-refractivity contribution in [3.63, 3.8) is 0 Å². The van der Waals surface area contributed by atoms with Crippen LogP contribution in [0.5, 0.6) is 0 Å². The number of nitrogen functional groups attached to an aromatic ring is 2. The van der Waals surface area contributed by atoms with E-state index in [0.717, 1.165) is 40.3 Å². The van der Waals surface area contributed by atoms with E-state index in [1.807, 2.05) is 48.5 Å². The zero-order chi connectivity index (χ0) is 16.5. The number of rotatable bonds is 3. The molecule has 1 aromatic heterocycles.